The standard InChI is InChI=1S/C14H25NO2/c1-2-6-15-14(10-5-7-16-9-10)12-8-11-3-4-13(12)17-11/h10-15H,2-9H2,1H3. The van der Waals surface area contributed by atoms with Crippen LogP contribution in [0.3, 0.4) is 0 Å². The van der Waals surface area contributed by atoms with Gasteiger partial charge in [-0.1, -0.05) is 6.92 Å². The molecule has 3 heterocycles. The van der Waals surface area contributed by atoms with Crippen LogP contribution in [-0.4, -0.2) is 38.0 Å². The topological polar surface area (TPSA) is 30.5 Å². The van der Waals surface area contributed by atoms with Crippen molar-refractivity contribution < 1.29 is 9.47 Å². The van der Waals surface area contributed by atoms with Gasteiger partial charge in [0.1, 0.15) is 0 Å². The molecular weight excluding hydrogens is 214 g/mol. The molecule has 98 valence electrons. The Kier molecular flexibility index (Phi) is 3.69. The van der Waals surface area contributed by atoms with Gasteiger partial charge in [0.25, 0.3) is 0 Å². The summed E-state index contributed by atoms with van der Waals surface area (Å²) in [7, 11) is 0. The first-order valence-electron chi connectivity index (χ1n) is 7.35. The average molecular weight is 239 g/mol. The lowest BCUT2D eigenvalue weighted by Gasteiger charge is -2.33. The van der Waals surface area contributed by atoms with Gasteiger partial charge in [-0.25, -0.2) is 0 Å². The highest BCUT2D eigenvalue weighted by Gasteiger charge is 2.46. The van der Waals surface area contributed by atoms with Crippen molar-refractivity contribution in [1.82, 2.24) is 5.32 Å². The van der Waals surface area contributed by atoms with Crippen molar-refractivity contribution in [3.63, 3.8) is 0 Å². The van der Waals surface area contributed by atoms with Crippen LogP contribution in [0.2, 0.25) is 0 Å². The van der Waals surface area contributed by atoms with Gasteiger partial charge < -0.3 is 14.8 Å². The number of fused-ring (bicyclic) bond motifs is 2. The highest BCUT2D eigenvalue weighted by Crippen LogP contribution is 2.42. The number of ether oxygens (including phenoxy) is 2. The SMILES string of the molecule is CCCNC(C1CCOC1)C1CC2CCC1O2. The lowest BCUT2D eigenvalue weighted by molar-refractivity contribution is 0.0772. The van der Waals surface area contributed by atoms with E-state index in [1.165, 1.54) is 32.1 Å². The second-order valence-electron chi connectivity index (χ2n) is 5.88. The molecule has 0 amide bonds. The zero-order chi connectivity index (χ0) is 11.7. The van der Waals surface area contributed by atoms with Gasteiger partial charge in [-0.3, -0.25) is 0 Å². The molecule has 3 fully saturated rings. The molecule has 0 aromatic heterocycles. The number of rotatable bonds is 5. The first-order valence-corrected chi connectivity index (χ1v) is 7.35. The highest BCUT2D eigenvalue weighted by molar-refractivity contribution is 4.98. The average Bonchev–Trinajstić information content (AvgIpc) is 3.06. The summed E-state index contributed by atoms with van der Waals surface area (Å²) in [6, 6.07) is 0.632. The van der Waals surface area contributed by atoms with Crippen LogP contribution in [0.25, 0.3) is 0 Å². The molecule has 3 heteroatoms. The Morgan fingerprint density at radius 3 is 2.82 bits per heavy atom. The molecular formula is C14H25NO2. The molecule has 2 bridgehead atoms. The summed E-state index contributed by atoms with van der Waals surface area (Å²) in [5.41, 5.74) is 0. The Bertz CT molecular complexity index is 253. The van der Waals surface area contributed by atoms with Crippen molar-refractivity contribution in [1.29, 1.82) is 0 Å². The third kappa shape index (κ3) is 2.38. The van der Waals surface area contributed by atoms with Gasteiger partial charge in [-0.15, -0.1) is 0 Å². The molecule has 0 radical (unpaired) electrons. The summed E-state index contributed by atoms with van der Waals surface area (Å²) < 4.78 is 11.6. The van der Waals surface area contributed by atoms with Gasteiger partial charge in [0.15, 0.2) is 0 Å². The maximum atomic E-state index is 6.02. The van der Waals surface area contributed by atoms with E-state index < -0.39 is 0 Å². The van der Waals surface area contributed by atoms with Crippen molar-refractivity contribution in [2.45, 2.75) is 57.3 Å². The van der Waals surface area contributed by atoms with Crippen molar-refractivity contribution in [3.8, 4) is 0 Å². The summed E-state index contributed by atoms with van der Waals surface area (Å²) in [6.45, 7) is 5.29. The molecule has 17 heavy (non-hydrogen) atoms. The minimum Gasteiger partial charge on any atom is -0.381 e. The van der Waals surface area contributed by atoms with Gasteiger partial charge in [-0.2, -0.15) is 0 Å². The Morgan fingerprint density at radius 1 is 1.29 bits per heavy atom. The first kappa shape index (κ1) is 11.9. The fourth-order valence-electron chi connectivity index (χ4n) is 3.87. The van der Waals surface area contributed by atoms with Crippen LogP contribution in [0.15, 0.2) is 0 Å². The van der Waals surface area contributed by atoms with Crippen molar-refractivity contribution in [3.05, 3.63) is 0 Å². The molecule has 5 unspecified atom stereocenters. The van der Waals surface area contributed by atoms with E-state index in [4.69, 9.17) is 9.47 Å². The lowest BCUT2D eigenvalue weighted by Crippen LogP contribution is -2.46. The Labute approximate surface area is 104 Å². The summed E-state index contributed by atoms with van der Waals surface area (Å²) in [5, 5.41) is 3.78. The molecule has 3 saturated heterocycles. The van der Waals surface area contributed by atoms with Crippen molar-refractivity contribution in [2.24, 2.45) is 11.8 Å². The Morgan fingerprint density at radius 2 is 2.24 bits per heavy atom. The maximum Gasteiger partial charge on any atom is 0.0623 e. The summed E-state index contributed by atoms with van der Waals surface area (Å²) in [5.74, 6) is 1.46. The summed E-state index contributed by atoms with van der Waals surface area (Å²) in [4.78, 5) is 0. The predicted molar refractivity (Wildman–Crippen MR) is 67.0 cm³/mol. The van der Waals surface area contributed by atoms with Gasteiger partial charge in [0, 0.05) is 24.5 Å². The van der Waals surface area contributed by atoms with Gasteiger partial charge >= 0.3 is 0 Å². The zero-order valence-corrected chi connectivity index (χ0v) is 10.9. The molecule has 0 aromatic rings. The van der Waals surface area contributed by atoms with Crippen LogP contribution < -0.4 is 5.32 Å². The zero-order valence-electron chi connectivity index (χ0n) is 10.9. The molecule has 3 aliphatic rings. The number of hydrogen-bond donors (Lipinski definition) is 1. The molecule has 0 saturated carbocycles. The van der Waals surface area contributed by atoms with Crippen LogP contribution in [0.4, 0.5) is 0 Å². The predicted octanol–water partition coefficient (Wildman–Crippen LogP) is 1.96. The minimum atomic E-state index is 0.537. The van der Waals surface area contributed by atoms with E-state index in [0.29, 0.717) is 18.2 Å². The molecule has 3 aliphatic heterocycles. The minimum absolute atomic E-state index is 0.537. The van der Waals surface area contributed by atoms with E-state index in [1.54, 1.807) is 0 Å². The van der Waals surface area contributed by atoms with Crippen molar-refractivity contribution in [2.75, 3.05) is 19.8 Å². The molecule has 0 aliphatic carbocycles. The molecule has 3 rings (SSSR count). The fourth-order valence-corrected chi connectivity index (χ4v) is 3.87. The number of nitrogens with one attached hydrogen (secondary N) is 1. The largest absolute Gasteiger partial charge is 0.381 e. The second kappa shape index (κ2) is 5.25. The van der Waals surface area contributed by atoms with Gasteiger partial charge in [0.05, 0.1) is 18.8 Å². The van der Waals surface area contributed by atoms with E-state index in [-0.39, 0.29) is 0 Å². The third-order valence-corrected chi connectivity index (χ3v) is 4.72. The third-order valence-electron chi connectivity index (χ3n) is 4.72. The lowest BCUT2D eigenvalue weighted by atomic mass is 9.78. The Hall–Kier alpha value is -0.120. The van der Waals surface area contributed by atoms with Crippen LogP contribution >= 0.6 is 0 Å². The molecule has 0 aromatic carbocycles. The quantitative estimate of drug-likeness (QED) is 0.795. The Balaban J connectivity index is 1.65. The van der Waals surface area contributed by atoms with E-state index in [1.807, 2.05) is 0 Å². The molecule has 0 spiro atoms. The highest BCUT2D eigenvalue weighted by atomic mass is 16.5. The van der Waals surface area contributed by atoms with E-state index in [2.05, 4.69) is 12.2 Å². The van der Waals surface area contributed by atoms with Gasteiger partial charge in [0.2, 0.25) is 0 Å². The van der Waals surface area contributed by atoms with E-state index >= 15 is 0 Å². The second-order valence-corrected chi connectivity index (χ2v) is 5.88. The van der Waals surface area contributed by atoms with Crippen LogP contribution in [0.1, 0.15) is 39.0 Å². The van der Waals surface area contributed by atoms with Crippen LogP contribution in [0, 0.1) is 11.8 Å². The first-order chi connectivity index (χ1) is 8.38. The van der Waals surface area contributed by atoms with Crippen molar-refractivity contribution >= 4 is 0 Å². The molecule has 3 nitrogen and oxygen atoms in total. The molecule has 1 N–H and O–H groups in total. The van der Waals surface area contributed by atoms with E-state index in [0.717, 1.165) is 31.6 Å². The molecule has 5 atom stereocenters. The smallest absolute Gasteiger partial charge is 0.0623 e. The fraction of sp³-hybridized carbons (Fsp3) is 1.00. The van der Waals surface area contributed by atoms with Gasteiger partial charge in [-0.05, 0) is 38.6 Å². The van der Waals surface area contributed by atoms with E-state index in [9.17, 15) is 0 Å². The van der Waals surface area contributed by atoms with Crippen LogP contribution in [0.5, 0.6) is 0 Å². The van der Waals surface area contributed by atoms with Crippen LogP contribution in [-0.2, 0) is 9.47 Å². The monoisotopic (exact) mass is 239 g/mol. The normalized spacial score (nSPS) is 42.2. The maximum absolute atomic E-state index is 6.02. The summed E-state index contributed by atoms with van der Waals surface area (Å²) in [6.07, 6.45) is 7.41. The number of hydrogen-bond acceptors (Lipinski definition) is 3. The summed E-state index contributed by atoms with van der Waals surface area (Å²) >= 11 is 0.